The number of fused-ring (bicyclic) bond motifs is 3. The zero-order valence-corrected chi connectivity index (χ0v) is 16.2. The van der Waals surface area contributed by atoms with Gasteiger partial charge in [0.05, 0.1) is 5.56 Å². The fraction of sp³-hybridized carbons (Fsp3) is 0.429. The third-order valence-corrected chi connectivity index (χ3v) is 4.92. The van der Waals surface area contributed by atoms with Crippen molar-refractivity contribution in [3.8, 4) is 0 Å². The molecule has 1 amide bonds. The highest BCUT2D eigenvalue weighted by atomic mass is 16.2. The van der Waals surface area contributed by atoms with Crippen LogP contribution in [0.2, 0.25) is 0 Å². The van der Waals surface area contributed by atoms with Gasteiger partial charge in [-0.3, -0.25) is 9.59 Å². The molecule has 3 rings (SSSR count). The van der Waals surface area contributed by atoms with Gasteiger partial charge in [0.1, 0.15) is 5.52 Å². The molecule has 0 saturated heterocycles. The van der Waals surface area contributed by atoms with Crippen LogP contribution in [0.3, 0.4) is 0 Å². The fourth-order valence-electron chi connectivity index (χ4n) is 3.44. The summed E-state index contributed by atoms with van der Waals surface area (Å²) in [6, 6.07) is 7.94. The van der Waals surface area contributed by atoms with Gasteiger partial charge in [0.15, 0.2) is 0 Å². The topological polar surface area (TPSA) is 56.0 Å². The van der Waals surface area contributed by atoms with Crippen molar-refractivity contribution in [2.45, 2.75) is 46.7 Å². The molecular weight excluding hydrogens is 326 g/mol. The van der Waals surface area contributed by atoms with Crippen LogP contribution in [0.1, 0.15) is 44.5 Å². The largest absolute Gasteiger partial charge is 0.350 e. The Kier molecular flexibility index (Phi) is 4.90. The van der Waals surface area contributed by atoms with Gasteiger partial charge in [-0.15, -0.1) is 0 Å². The van der Waals surface area contributed by atoms with Gasteiger partial charge in [-0.05, 0) is 25.3 Å². The van der Waals surface area contributed by atoms with Crippen LogP contribution in [0.4, 0.5) is 0 Å². The average molecular weight is 353 g/mol. The smallest absolute Gasteiger partial charge is 0.275 e. The van der Waals surface area contributed by atoms with E-state index < -0.39 is 0 Å². The molecule has 0 fully saturated rings. The molecule has 26 heavy (non-hydrogen) atoms. The monoisotopic (exact) mass is 353 g/mol. The Morgan fingerprint density at radius 2 is 1.88 bits per heavy atom. The first-order chi connectivity index (χ1) is 12.3. The number of carbonyl (C=O) groups excluding carboxylic acids is 1. The molecule has 0 radical (unpaired) electrons. The van der Waals surface area contributed by atoms with Crippen LogP contribution in [-0.4, -0.2) is 21.1 Å². The van der Waals surface area contributed by atoms with E-state index >= 15 is 0 Å². The minimum absolute atomic E-state index is 0.0486. The van der Waals surface area contributed by atoms with E-state index in [-0.39, 0.29) is 17.5 Å². The molecular formula is C21H27N3O2. The van der Waals surface area contributed by atoms with Crippen LogP contribution in [0.15, 0.2) is 35.3 Å². The van der Waals surface area contributed by atoms with E-state index in [1.54, 1.807) is 10.8 Å². The van der Waals surface area contributed by atoms with Crippen LogP contribution in [-0.2, 0) is 13.6 Å². The van der Waals surface area contributed by atoms with Gasteiger partial charge in [-0.25, -0.2) is 0 Å². The number of nitrogens with zero attached hydrogens (tertiary/aromatic N) is 2. The third-order valence-electron chi connectivity index (χ3n) is 4.92. The predicted octanol–water partition coefficient (Wildman–Crippen LogP) is 3.68. The number of amides is 1. The van der Waals surface area contributed by atoms with Gasteiger partial charge in [0.25, 0.3) is 11.5 Å². The fourth-order valence-corrected chi connectivity index (χ4v) is 3.44. The van der Waals surface area contributed by atoms with Crippen LogP contribution < -0.4 is 10.9 Å². The molecule has 2 aromatic heterocycles. The number of hydrogen-bond acceptors (Lipinski definition) is 2. The summed E-state index contributed by atoms with van der Waals surface area (Å²) >= 11 is 0. The lowest BCUT2D eigenvalue weighted by atomic mass is 10.1. The van der Waals surface area contributed by atoms with Crippen LogP contribution in [0.25, 0.3) is 21.8 Å². The van der Waals surface area contributed by atoms with E-state index in [1.807, 2.05) is 49.7 Å². The number of aromatic nitrogens is 2. The first-order valence-electron chi connectivity index (χ1n) is 9.26. The van der Waals surface area contributed by atoms with E-state index in [9.17, 15) is 9.59 Å². The van der Waals surface area contributed by atoms with Crippen LogP contribution >= 0.6 is 0 Å². The SMILES string of the molecule is CCC(C)NC(=O)c1cn(CC(C)C)c(=O)c2c1c1ccccc1n2C. The standard InChI is InChI=1S/C21H27N3O2/c1-6-14(4)22-20(25)16-12-24(11-13(2)3)21(26)19-18(16)15-9-7-8-10-17(15)23(19)5/h7-10,12-14H,6,11H2,1-5H3,(H,22,25). The molecule has 0 bridgehead atoms. The quantitative estimate of drug-likeness (QED) is 0.761. The highest BCUT2D eigenvalue weighted by molar-refractivity contribution is 6.17. The summed E-state index contributed by atoms with van der Waals surface area (Å²) in [5.41, 5.74) is 2.06. The van der Waals surface area contributed by atoms with Crippen LogP contribution in [0.5, 0.6) is 0 Å². The van der Waals surface area contributed by atoms with Crippen molar-refractivity contribution >= 4 is 27.7 Å². The summed E-state index contributed by atoms with van der Waals surface area (Å²) in [7, 11) is 1.89. The second-order valence-corrected chi connectivity index (χ2v) is 7.48. The zero-order chi connectivity index (χ0) is 19.0. The number of para-hydroxylation sites is 1. The zero-order valence-electron chi connectivity index (χ0n) is 16.2. The van der Waals surface area contributed by atoms with Crippen molar-refractivity contribution in [3.05, 3.63) is 46.4 Å². The van der Waals surface area contributed by atoms with E-state index in [1.165, 1.54) is 0 Å². The van der Waals surface area contributed by atoms with E-state index in [2.05, 4.69) is 19.2 Å². The molecule has 1 aromatic carbocycles. The molecule has 5 nitrogen and oxygen atoms in total. The maximum absolute atomic E-state index is 13.1. The summed E-state index contributed by atoms with van der Waals surface area (Å²) in [6.07, 6.45) is 2.59. The van der Waals surface area contributed by atoms with Gasteiger partial charge in [0.2, 0.25) is 0 Å². The summed E-state index contributed by atoms with van der Waals surface area (Å²) in [5.74, 6) is 0.184. The minimum atomic E-state index is -0.127. The first kappa shape index (κ1) is 18.2. The number of aryl methyl sites for hydroxylation is 1. The maximum atomic E-state index is 13.1. The Morgan fingerprint density at radius 3 is 2.54 bits per heavy atom. The van der Waals surface area contributed by atoms with Crippen molar-refractivity contribution in [2.24, 2.45) is 13.0 Å². The number of rotatable bonds is 5. The molecule has 0 aliphatic rings. The highest BCUT2D eigenvalue weighted by Crippen LogP contribution is 2.29. The van der Waals surface area contributed by atoms with Gasteiger partial charge < -0.3 is 14.5 Å². The van der Waals surface area contributed by atoms with Crippen molar-refractivity contribution < 1.29 is 4.79 Å². The molecule has 0 aliphatic heterocycles. The Labute approximate surface area is 153 Å². The molecule has 5 heteroatoms. The molecule has 138 valence electrons. The lowest BCUT2D eigenvalue weighted by molar-refractivity contribution is 0.0940. The van der Waals surface area contributed by atoms with Gasteiger partial charge >= 0.3 is 0 Å². The summed E-state index contributed by atoms with van der Waals surface area (Å²) in [5, 5.41) is 4.73. The predicted molar refractivity (Wildman–Crippen MR) is 107 cm³/mol. The van der Waals surface area contributed by atoms with Gasteiger partial charge in [-0.1, -0.05) is 39.0 Å². The van der Waals surface area contributed by atoms with E-state index in [0.29, 0.717) is 23.5 Å². The molecule has 0 saturated carbocycles. The van der Waals surface area contributed by atoms with E-state index in [4.69, 9.17) is 0 Å². The Bertz CT molecular complexity index is 1030. The Hall–Kier alpha value is -2.56. The minimum Gasteiger partial charge on any atom is -0.350 e. The normalized spacial score (nSPS) is 12.8. The number of pyridine rings is 1. The maximum Gasteiger partial charge on any atom is 0.275 e. The molecule has 1 atom stereocenters. The van der Waals surface area contributed by atoms with Crippen molar-refractivity contribution in [1.82, 2.24) is 14.5 Å². The summed E-state index contributed by atoms with van der Waals surface area (Å²) < 4.78 is 3.58. The van der Waals surface area contributed by atoms with Crippen molar-refractivity contribution in [3.63, 3.8) is 0 Å². The third kappa shape index (κ3) is 3.02. The first-order valence-corrected chi connectivity index (χ1v) is 9.26. The molecule has 2 heterocycles. The number of hydrogen-bond donors (Lipinski definition) is 1. The molecule has 0 aliphatic carbocycles. The number of benzene rings is 1. The molecule has 3 aromatic rings. The molecule has 1 N–H and O–H groups in total. The summed E-state index contributed by atoms with van der Waals surface area (Å²) in [6.45, 7) is 8.74. The number of carbonyl (C=O) groups is 1. The van der Waals surface area contributed by atoms with E-state index in [0.717, 1.165) is 22.7 Å². The second-order valence-electron chi connectivity index (χ2n) is 7.48. The Morgan fingerprint density at radius 1 is 1.19 bits per heavy atom. The van der Waals surface area contributed by atoms with Crippen LogP contribution in [0, 0.1) is 5.92 Å². The highest BCUT2D eigenvalue weighted by Gasteiger charge is 2.22. The number of nitrogens with one attached hydrogen (secondary N) is 1. The van der Waals surface area contributed by atoms with Gasteiger partial charge in [0, 0.05) is 42.1 Å². The van der Waals surface area contributed by atoms with Crippen molar-refractivity contribution in [2.75, 3.05) is 0 Å². The average Bonchev–Trinajstić information content (AvgIpc) is 2.90. The second kappa shape index (κ2) is 6.98. The molecule has 0 spiro atoms. The summed E-state index contributed by atoms with van der Waals surface area (Å²) in [4.78, 5) is 26.1. The van der Waals surface area contributed by atoms with Crippen molar-refractivity contribution in [1.29, 1.82) is 0 Å². The Balaban J connectivity index is 2.37. The van der Waals surface area contributed by atoms with Gasteiger partial charge in [-0.2, -0.15) is 0 Å². The lowest BCUT2D eigenvalue weighted by Crippen LogP contribution is -2.34. The lowest BCUT2D eigenvalue weighted by Gasteiger charge is -2.15. The molecule has 1 unspecified atom stereocenters.